The van der Waals surface area contributed by atoms with E-state index in [4.69, 9.17) is 0 Å². The van der Waals surface area contributed by atoms with E-state index >= 15 is 0 Å². The summed E-state index contributed by atoms with van der Waals surface area (Å²) in [6, 6.07) is 5.18. The number of aliphatic hydroxyl groups excluding tert-OH is 1. The monoisotopic (exact) mass is 331 g/mol. The molecule has 4 heteroatoms. The summed E-state index contributed by atoms with van der Waals surface area (Å²) in [5, 5.41) is 13.0. The summed E-state index contributed by atoms with van der Waals surface area (Å²) in [5.41, 5.74) is 0.971. The van der Waals surface area contributed by atoms with Crippen molar-refractivity contribution in [1.82, 2.24) is 5.32 Å². The predicted molar refractivity (Wildman–Crippen MR) is 80.6 cm³/mol. The highest BCUT2D eigenvalue weighted by atomic mass is 79.9. The van der Waals surface area contributed by atoms with Crippen LogP contribution < -0.4 is 5.32 Å². The Bertz CT molecular complexity index is 399. The van der Waals surface area contributed by atoms with Crippen LogP contribution in [0.5, 0.6) is 0 Å². The minimum absolute atomic E-state index is 0.0640. The Balaban J connectivity index is 2.69. The molecule has 1 aromatic carbocycles. The maximum absolute atomic E-state index is 13.2. The minimum atomic E-state index is -0.247. The van der Waals surface area contributed by atoms with Crippen LogP contribution in [0, 0.1) is 11.2 Å². The first-order valence-corrected chi connectivity index (χ1v) is 7.56. The van der Waals surface area contributed by atoms with Gasteiger partial charge < -0.3 is 10.4 Å². The first-order chi connectivity index (χ1) is 8.98. The highest BCUT2D eigenvalue weighted by Crippen LogP contribution is 2.26. The quantitative estimate of drug-likeness (QED) is 0.790. The van der Waals surface area contributed by atoms with Crippen molar-refractivity contribution in [3.05, 3.63) is 34.1 Å². The molecule has 1 atom stereocenters. The number of aliphatic hydroxyl groups is 1. The topological polar surface area (TPSA) is 32.3 Å². The Morgan fingerprint density at radius 1 is 1.37 bits per heavy atom. The van der Waals surface area contributed by atoms with Gasteiger partial charge in [-0.05, 0) is 53.4 Å². The van der Waals surface area contributed by atoms with Crippen molar-refractivity contribution < 1.29 is 9.50 Å². The van der Waals surface area contributed by atoms with Gasteiger partial charge in [-0.25, -0.2) is 4.39 Å². The fraction of sp³-hybridized carbons (Fsp3) is 0.600. The largest absolute Gasteiger partial charge is 0.396 e. The van der Waals surface area contributed by atoms with Gasteiger partial charge in [0.05, 0.1) is 4.47 Å². The van der Waals surface area contributed by atoms with Crippen LogP contribution in [0.15, 0.2) is 22.7 Å². The third kappa shape index (κ3) is 4.26. The summed E-state index contributed by atoms with van der Waals surface area (Å²) in [5.74, 6) is -0.247. The van der Waals surface area contributed by atoms with Gasteiger partial charge in [-0.2, -0.15) is 0 Å². The normalized spacial score (nSPS) is 13.6. The zero-order chi connectivity index (χ0) is 14.5. The molecule has 0 aliphatic carbocycles. The lowest BCUT2D eigenvalue weighted by molar-refractivity contribution is 0.110. The van der Waals surface area contributed by atoms with Crippen LogP contribution in [0.2, 0.25) is 0 Å². The molecule has 0 saturated heterocycles. The van der Waals surface area contributed by atoms with Crippen molar-refractivity contribution in [2.75, 3.05) is 13.2 Å². The highest BCUT2D eigenvalue weighted by molar-refractivity contribution is 9.10. The molecule has 0 radical (unpaired) electrons. The van der Waals surface area contributed by atoms with Gasteiger partial charge in [-0.3, -0.25) is 0 Å². The van der Waals surface area contributed by atoms with E-state index in [0.717, 1.165) is 24.9 Å². The van der Waals surface area contributed by atoms with Crippen LogP contribution in [-0.2, 0) is 0 Å². The molecule has 0 spiro atoms. The first kappa shape index (κ1) is 16.6. The lowest BCUT2D eigenvalue weighted by Gasteiger charge is -2.31. The fourth-order valence-electron chi connectivity index (χ4n) is 2.05. The summed E-state index contributed by atoms with van der Waals surface area (Å²) >= 11 is 3.20. The summed E-state index contributed by atoms with van der Waals surface area (Å²) in [4.78, 5) is 0. The van der Waals surface area contributed by atoms with E-state index in [1.165, 1.54) is 6.07 Å². The van der Waals surface area contributed by atoms with E-state index < -0.39 is 0 Å². The lowest BCUT2D eigenvalue weighted by atomic mass is 9.83. The number of hydrogen-bond donors (Lipinski definition) is 2. The van der Waals surface area contributed by atoms with Crippen molar-refractivity contribution in [2.45, 2.75) is 39.7 Å². The number of rotatable bonds is 7. The number of benzene rings is 1. The molecular formula is C15H23BrFNO. The van der Waals surface area contributed by atoms with E-state index in [1.807, 2.05) is 6.92 Å². The van der Waals surface area contributed by atoms with Crippen LogP contribution in [0.3, 0.4) is 0 Å². The second-order valence-electron chi connectivity index (χ2n) is 5.14. The summed E-state index contributed by atoms with van der Waals surface area (Å²) in [6.07, 6.45) is 1.87. The third-order valence-corrected chi connectivity index (χ3v) is 4.67. The van der Waals surface area contributed by atoms with Crippen molar-refractivity contribution >= 4 is 15.9 Å². The summed E-state index contributed by atoms with van der Waals surface area (Å²) in [6.45, 7) is 7.19. The van der Waals surface area contributed by atoms with E-state index in [1.54, 1.807) is 12.1 Å². The maximum Gasteiger partial charge on any atom is 0.137 e. The average Bonchev–Trinajstić information content (AvgIpc) is 2.43. The van der Waals surface area contributed by atoms with Crippen molar-refractivity contribution in [1.29, 1.82) is 0 Å². The van der Waals surface area contributed by atoms with Gasteiger partial charge in [0, 0.05) is 24.6 Å². The van der Waals surface area contributed by atoms with E-state index in [9.17, 15) is 9.50 Å². The van der Waals surface area contributed by atoms with Gasteiger partial charge in [0.2, 0.25) is 0 Å². The van der Waals surface area contributed by atoms with Crippen LogP contribution >= 0.6 is 15.9 Å². The van der Waals surface area contributed by atoms with Gasteiger partial charge in [0.15, 0.2) is 0 Å². The molecule has 2 N–H and O–H groups in total. The Labute approximate surface area is 123 Å². The Morgan fingerprint density at radius 3 is 2.47 bits per heavy atom. The van der Waals surface area contributed by atoms with Gasteiger partial charge in [-0.1, -0.05) is 19.9 Å². The third-order valence-electron chi connectivity index (χ3n) is 4.06. The Kier molecular flexibility index (Phi) is 6.43. The molecule has 0 aliphatic rings. The molecule has 0 amide bonds. The molecule has 2 nitrogen and oxygen atoms in total. The summed E-state index contributed by atoms with van der Waals surface area (Å²) < 4.78 is 13.7. The van der Waals surface area contributed by atoms with Crippen LogP contribution in [0.25, 0.3) is 0 Å². The minimum Gasteiger partial charge on any atom is -0.396 e. The molecule has 0 heterocycles. The molecule has 19 heavy (non-hydrogen) atoms. The highest BCUT2D eigenvalue weighted by Gasteiger charge is 2.25. The zero-order valence-electron chi connectivity index (χ0n) is 11.8. The predicted octanol–water partition coefficient (Wildman–Crippen LogP) is 4.04. The Morgan fingerprint density at radius 2 is 2.00 bits per heavy atom. The van der Waals surface area contributed by atoms with Gasteiger partial charge >= 0.3 is 0 Å². The molecule has 0 aliphatic heterocycles. The van der Waals surface area contributed by atoms with E-state index in [0.29, 0.717) is 4.47 Å². The number of nitrogens with one attached hydrogen (secondary N) is 1. The first-order valence-electron chi connectivity index (χ1n) is 6.77. The molecular weight excluding hydrogens is 309 g/mol. The molecule has 108 valence electrons. The maximum atomic E-state index is 13.2. The van der Waals surface area contributed by atoms with Crippen LogP contribution in [-0.4, -0.2) is 18.3 Å². The molecule has 1 rings (SSSR count). The van der Waals surface area contributed by atoms with Gasteiger partial charge in [0.1, 0.15) is 5.82 Å². The zero-order valence-corrected chi connectivity index (χ0v) is 13.4. The van der Waals surface area contributed by atoms with E-state index in [2.05, 4.69) is 35.1 Å². The van der Waals surface area contributed by atoms with Gasteiger partial charge in [0.25, 0.3) is 0 Å². The Hall–Kier alpha value is -0.450. The smallest absolute Gasteiger partial charge is 0.137 e. The molecule has 0 bridgehead atoms. The molecule has 0 fully saturated rings. The molecule has 1 aromatic rings. The summed E-state index contributed by atoms with van der Waals surface area (Å²) in [7, 11) is 0. The molecule has 0 saturated carbocycles. The van der Waals surface area contributed by atoms with Crippen molar-refractivity contribution in [2.24, 2.45) is 5.41 Å². The number of halogens is 2. The molecule has 1 unspecified atom stereocenters. The van der Waals surface area contributed by atoms with E-state index in [-0.39, 0.29) is 23.9 Å². The average molecular weight is 332 g/mol. The second kappa shape index (κ2) is 7.36. The molecule has 0 aromatic heterocycles. The lowest BCUT2D eigenvalue weighted by Crippen LogP contribution is -2.37. The standard InChI is InChI=1S/C15H23BrFNO/c1-4-15(5-2,10-19)9-18-11(3)12-6-7-14(17)13(16)8-12/h6-8,11,18-19H,4-5,9-10H2,1-3H3. The fourth-order valence-corrected chi connectivity index (χ4v) is 2.45. The van der Waals surface area contributed by atoms with Gasteiger partial charge in [-0.15, -0.1) is 0 Å². The van der Waals surface area contributed by atoms with Crippen LogP contribution in [0.4, 0.5) is 4.39 Å². The van der Waals surface area contributed by atoms with Crippen LogP contribution in [0.1, 0.15) is 45.2 Å². The second-order valence-corrected chi connectivity index (χ2v) is 6.00. The SMILES string of the molecule is CCC(CC)(CO)CNC(C)c1ccc(F)c(Br)c1. The number of hydrogen-bond acceptors (Lipinski definition) is 2. The van der Waals surface area contributed by atoms with Crippen molar-refractivity contribution in [3.8, 4) is 0 Å². The van der Waals surface area contributed by atoms with Crippen molar-refractivity contribution in [3.63, 3.8) is 0 Å².